The monoisotopic (exact) mass is 506 g/mol. The lowest BCUT2D eigenvalue weighted by Crippen LogP contribution is -2.08. The molecule has 3 unspecified atom stereocenters. The molecule has 3 aromatic rings. The second kappa shape index (κ2) is 11.2. The number of hydrogen-bond donors (Lipinski definition) is 1. The Balaban J connectivity index is 1.20. The first-order valence-electron chi connectivity index (χ1n) is 13.3. The van der Waals surface area contributed by atoms with Crippen molar-refractivity contribution in [1.29, 1.82) is 0 Å². The average molecular weight is 507 g/mol. The minimum atomic E-state index is -0.833. The number of aryl methyl sites for hydroxylation is 1. The lowest BCUT2D eigenvalue weighted by molar-refractivity contribution is 0.166. The van der Waals surface area contributed by atoms with E-state index in [1.165, 1.54) is 0 Å². The molecule has 3 aromatic carbocycles. The molecule has 1 fully saturated rings. The minimum absolute atomic E-state index is 0.0395. The predicted molar refractivity (Wildman–Crippen MR) is 140 cm³/mol. The van der Waals surface area contributed by atoms with Crippen molar-refractivity contribution in [1.82, 2.24) is 0 Å². The van der Waals surface area contributed by atoms with E-state index < -0.39 is 17.7 Å². The smallest absolute Gasteiger partial charge is 0.166 e. The summed E-state index contributed by atoms with van der Waals surface area (Å²) in [7, 11) is 0. The van der Waals surface area contributed by atoms with E-state index in [-0.39, 0.29) is 17.5 Å². The molecule has 2 nitrogen and oxygen atoms in total. The molecule has 37 heavy (non-hydrogen) atoms. The van der Waals surface area contributed by atoms with E-state index in [0.717, 1.165) is 48.8 Å². The van der Waals surface area contributed by atoms with Crippen molar-refractivity contribution >= 4 is 5.57 Å². The van der Waals surface area contributed by atoms with Gasteiger partial charge in [-0.2, -0.15) is 0 Å². The highest BCUT2D eigenvalue weighted by Crippen LogP contribution is 2.37. The Bertz CT molecular complexity index is 1280. The highest BCUT2D eigenvalue weighted by Gasteiger charge is 2.26. The Labute approximate surface area is 216 Å². The summed E-state index contributed by atoms with van der Waals surface area (Å²) in [6, 6.07) is 15.7. The van der Waals surface area contributed by atoms with Gasteiger partial charge >= 0.3 is 0 Å². The van der Waals surface area contributed by atoms with E-state index in [2.05, 4.69) is 6.08 Å². The molecule has 0 bridgehead atoms. The number of rotatable bonds is 9. The van der Waals surface area contributed by atoms with Crippen molar-refractivity contribution in [3.8, 4) is 11.1 Å². The molecule has 5 rings (SSSR count). The van der Waals surface area contributed by atoms with Crippen molar-refractivity contribution in [2.24, 2.45) is 5.92 Å². The topological polar surface area (TPSA) is 32.8 Å². The molecule has 194 valence electrons. The lowest BCUT2D eigenvalue weighted by Gasteiger charge is -2.23. The van der Waals surface area contributed by atoms with Crippen LogP contribution in [0.3, 0.4) is 0 Å². The maximum Gasteiger partial charge on any atom is 0.166 e. The van der Waals surface area contributed by atoms with Crippen LogP contribution in [0.4, 0.5) is 13.2 Å². The standard InChI is InChI=1S/C32H33F3O2/c1-2-3-29(36)23-12-10-22(11-13-23)27-17-14-24(31(34)32(27)35)9-6-20-4-7-21(8-5-20)26-16-15-25(18-28(26)33)30-19-37-30/h7,10-18,20,29-30,36H,2-6,8-9,19H2,1H3. The van der Waals surface area contributed by atoms with Gasteiger partial charge in [0.25, 0.3) is 0 Å². The number of aliphatic hydroxyl groups is 1. The third-order valence-corrected chi connectivity index (χ3v) is 7.72. The van der Waals surface area contributed by atoms with Gasteiger partial charge in [-0.25, -0.2) is 13.2 Å². The van der Waals surface area contributed by atoms with Crippen molar-refractivity contribution in [2.75, 3.05) is 6.61 Å². The van der Waals surface area contributed by atoms with Gasteiger partial charge in [0.05, 0.1) is 12.7 Å². The van der Waals surface area contributed by atoms with E-state index in [4.69, 9.17) is 4.74 Å². The Morgan fingerprint density at radius 1 is 0.973 bits per heavy atom. The second-order valence-electron chi connectivity index (χ2n) is 10.3. The summed E-state index contributed by atoms with van der Waals surface area (Å²) in [6.07, 6.45) is 6.82. The Morgan fingerprint density at radius 2 is 1.73 bits per heavy atom. The van der Waals surface area contributed by atoms with E-state index >= 15 is 0 Å². The maximum atomic E-state index is 15.0. The van der Waals surface area contributed by atoms with Crippen LogP contribution < -0.4 is 0 Å². The van der Waals surface area contributed by atoms with Gasteiger partial charge in [0, 0.05) is 11.1 Å². The SMILES string of the molecule is CCCC(O)c1ccc(-c2ccc(CCC3CC=C(c4ccc(C5CO5)cc4F)CC3)c(F)c2F)cc1. The fourth-order valence-electron chi connectivity index (χ4n) is 5.32. The molecular weight excluding hydrogens is 473 g/mol. The molecule has 3 atom stereocenters. The van der Waals surface area contributed by atoms with Gasteiger partial charge in [-0.15, -0.1) is 0 Å². The van der Waals surface area contributed by atoms with Crippen molar-refractivity contribution in [2.45, 2.75) is 64.1 Å². The molecule has 0 amide bonds. The highest BCUT2D eigenvalue weighted by atomic mass is 19.2. The van der Waals surface area contributed by atoms with Crippen LogP contribution in [0.15, 0.2) is 60.7 Å². The zero-order chi connectivity index (χ0) is 25.9. The van der Waals surface area contributed by atoms with Crippen LogP contribution in [0.2, 0.25) is 0 Å². The Kier molecular flexibility index (Phi) is 7.82. The third-order valence-electron chi connectivity index (χ3n) is 7.72. The first-order valence-corrected chi connectivity index (χ1v) is 13.3. The second-order valence-corrected chi connectivity index (χ2v) is 10.3. The van der Waals surface area contributed by atoms with Crippen LogP contribution >= 0.6 is 0 Å². The largest absolute Gasteiger partial charge is 0.388 e. The van der Waals surface area contributed by atoms with Crippen LogP contribution in [0, 0.1) is 23.4 Å². The first kappa shape index (κ1) is 25.7. The molecule has 0 saturated carbocycles. The minimum Gasteiger partial charge on any atom is -0.388 e. The number of benzene rings is 3. The lowest BCUT2D eigenvalue weighted by atomic mass is 9.83. The summed E-state index contributed by atoms with van der Waals surface area (Å²) in [6.45, 7) is 2.67. The molecule has 1 heterocycles. The fourth-order valence-corrected chi connectivity index (χ4v) is 5.32. The van der Waals surface area contributed by atoms with Crippen molar-refractivity contribution < 1.29 is 23.0 Å². The number of aliphatic hydroxyl groups excluding tert-OH is 1. The summed E-state index contributed by atoms with van der Waals surface area (Å²) in [5.41, 5.74) is 4.54. The summed E-state index contributed by atoms with van der Waals surface area (Å²) in [4.78, 5) is 0. The number of hydrogen-bond acceptors (Lipinski definition) is 2. The molecule has 1 saturated heterocycles. The zero-order valence-corrected chi connectivity index (χ0v) is 21.2. The molecular formula is C32H33F3O2. The maximum absolute atomic E-state index is 15.0. The Hall–Kier alpha value is -2.89. The van der Waals surface area contributed by atoms with Gasteiger partial charge < -0.3 is 9.84 Å². The van der Waals surface area contributed by atoms with Gasteiger partial charge in [0.15, 0.2) is 11.6 Å². The molecule has 1 aliphatic carbocycles. The summed E-state index contributed by atoms with van der Waals surface area (Å²) < 4.78 is 49.8. The van der Waals surface area contributed by atoms with E-state index in [1.807, 2.05) is 19.1 Å². The molecule has 2 aliphatic rings. The number of halogens is 3. The summed E-state index contributed by atoms with van der Waals surface area (Å²) >= 11 is 0. The molecule has 1 aliphatic heterocycles. The number of ether oxygens (including phenoxy) is 1. The quantitative estimate of drug-likeness (QED) is 0.295. The van der Waals surface area contributed by atoms with Gasteiger partial charge in [-0.3, -0.25) is 0 Å². The van der Waals surface area contributed by atoms with Gasteiger partial charge in [-0.1, -0.05) is 68.0 Å². The van der Waals surface area contributed by atoms with Crippen LogP contribution in [0.25, 0.3) is 16.7 Å². The van der Waals surface area contributed by atoms with Crippen molar-refractivity contribution in [3.63, 3.8) is 0 Å². The summed E-state index contributed by atoms with van der Waals surface area (Å²) in [5.74, 6) is -1.47. The van der Waals surface area contributed by atoms with E-state index in [0.29, 0.717) is 42.1 Å². The molecule has 1 N–H and O–H groups in total. The van der Waals surface area contributed by atoms with Crippen LogP contribution in [0.1, 0.15) is 79.9 Å². The van der Waals surface area contributed by atoms with Crippen molar-refractivity contribution in [3.05, 3.63) is 100 Å². The van der Waals surface area contributed by atoms with Crippen LogP contribution in [-0.2, 0) is 11.2 Å². The highest BCUT2D eigenvalue weighted by molar-refractivity contribution is 5.67. The average Bonchev–Trinajstić information content (AvgIpc) is 3.76. The van der Waals surface area contributed by atoms with Crippen LogP contribution in [0.5, 0.6) is 0 Å². The van der Waals surface area contributed by atoms with E-state index in [1.54, 1.807) is 42.5 Å². The Morgan fingerprint density at radius 3 is 2.38 bits per heavy atom. The first-order chi connectivity index (χ1) is 17.9. The summed E-state index contributed by atoms with van der Waals surface area (Å²) in [5, 5.41) is 10.1. The normalized spacial score (nSPS) is 20.0. The van der Waals surface area contributed by atoms with Crippen LogP contribution in [-0.4, -0.2) is 11.7 Å². The fraction of sp³-hybridized carbons (Fsp3) is 0.375. The van der Waals surface area contributed by atoms with Gasteiger partial charge in [-0.05, 0) is 78.3 Å². The van der Waals surface area contributed by atoms with Gasteiger partial charge in [0.1, 0.15) is 11.9 Å². The molecule has 0 radical (unpaired) electrons. The zero-order valence-electron chi connectivity index (χ0n) is 21.2. The van der Waals surface area contributed by atoms with Gasteiger partial charge in [0.2, 0.25) is 0 Å². The molecule has 5 heteroatoms. The third kappa shape index (κ3) is 5.83. The van der Waals surface area contributed by atoms with E-state index in [9.17, 15) is 18.3 Å². The molecule has 0 spiro atoms. The number of allylic oxidation sites excluding steroid dienone is 2. The molecule has 0 aromatic heterocycles. The number of epoxide rings is 1. The predicted octanol–water partition coefficient (Wildman–Crippen LogP) is 8.49.